The first kappa shape index (κ1) is 18.4. The van der Waals surface area contributed by atoms with Crippen LogP contribution in [0.5, 0.6) is 0 Å². The summed E-state index contributed by atoms with van der Waals surface area (Å²) < 4.78 is 12.8. The molecule has 1 aromatic carbocycles. The van der Waals surface area contributed by atoms with E-state index in [4.69, 9.17) is 0 Å². The van der Waals surface area contributed by atoms with Crippen LogP contribution in [0.2, 0.25) is 0 Å². The van der Waals surface area contributed by atoms with E-state index < -0.39 is 0 Å². The van der Waals surface area contributed by atoms with E-state index in [1.165, 1.54) is 37.1 Å². The predicted octanol–water partition coefficient (Wildman–Crippen LogP) is 2.39. The number of halogens is 1. The van der Waals surface area contributed by atoms with Crippen molar-refractivity contribution < 1.29 is 14.0 Å². The van der Waals surface area contributed by atoms with E-state index in [9.17, 15) is 14.0 Å². The molecule has 1 aliphatic heterocycles. The third-order valence-electron chi connectivity index (χ3n) is 4.14. The van der Waals surface area contributed by atoms with Gasteiger partial charge in [0.15, 0.2) is 0 Å². The number of nitrogens with one attached hydrogen (secondary N) is 2. The number of amides is 2. The SMILES string of the molecule is C[C@@H](CC(=O)NCCN1CCCC1)CC(=O)Nc1ccc(F)cc1. The van der Waals surface area contributed by atoms with Gasteiger partial charge in [-0.05, 0) is 56.1 Å². The number of anilines is 1. The number of hydrogen-bond donors (Lipinski definition) is 2. The second-order valence-electron chi connectivity index (χ2n) is 6.47. The Morgan fingerprint density at radius 1 is 1.12 bits per heavy atom. The quantitative estimate of drug-likeness (QED) is 0.767. The summed E-state index contributed by atoms with van der Waals surface area (Å²) in [5.41, 5.74) is 0.559. The minimum atomic E-state index is -0.341. The lowest BCUT2D eigenvalue weighted by Crippen LogP contribution is -2.34. The lowest BCUT2D eigenvalue weighted by Gasteiger charge is -2.16. The van der Waals surface area contributed by atoms with Gasteiger partial charge in [0, 0.05) is 31.6 Å². The van der Waals surface area contributed by atoms with Crippen molar-refractivity contribution in [3.63, 3.8) is 0 Å². The molecule has 2 rings (SSSR count). The fourth-order valence-electron chi connectivity index (χ4n) is 2.88. The molecule has 1 heterocycles. The van der Waals surface area contributed by atoms with Crippen LogP contribution in [-0.2, 0) is 9.59 Å². The lowest BCUT2D eigenvalue weighted by atomic mass is 10.0. The molecule has 2 amide bonds. The molecule has 132 valence electrons. The molecule has 1 fully saturated rings. The number of carbonyl (C=O) groups is 2. The van der Waals surface area contributed by atoms with E-state index in [1.54, 1.807) is 0 Å². The molecular weight excluding hydrogens is 309 g/mol. The third kappa shape index (κ3) is 6.66. The summed E-state index contributed by atoms with van der Waals surface area (Å²) in [6, 6.07) is 5.63. The Hall–Kier alpha value is -1.95. The van der Waals surface area contributed by atoms with Crippen LogP contribution in [0.1, 0.15) is 32.6 Å². The highest BCUT2D eigenvalue weighted by Crippen LogP contribution is 2.12. The molecule has 1 aromatic rings. The molecule has 0 bridgehead atoms. The van der Waals surface area contributed by atoms with Crippen LogP contribution in [0.3, 0.4) is 0 Å². The Bertz CT molecular complexity index is 542. The van der Waals surface area contributed by atoms with Gasteiger partial charge in [-0.15, -0.1) is 0 Å². The van der Waals surface area contributed by atoms with Crippen molar-refractivity contribution in [1.29, 1.82) is 0 Å². The second-order valence-corrected chi connectivity index (χ2v) is 6.47. The Balaban J connectivity index is 1.62. The van der Waals surface area contributed by atoms with Gasteiger partial charge in [-0.2, -0.15) is 0 Å². The molecule has 0 unspecified atom stereocenters. The Morgan fingerprint density at radius 3 is 2.42 bits per heavy atom. The van der Waals surface area contributed by atoms with Crippen LogP contribution in [0.25, 0.3) is 0 Å². The molecule has 2 N–H and O–H groups in total. The van der Waals surface area contributed by atoms with E-state index >= 15 is 0 Å². The fourth-order valence-corrected chi connectivity index (χ4v) is 2.88. The summed E-state index contributed by atoms with van der Waals surface area (Å²) in [6.07, 6.45) is 3.08. The topological polar surface area (TPSA) is 61.4 Å². The summed E-state index contributed by atoms with van der Waals surface area (Å²) in [5.74, 6) is -0.570. The van der Waals surface area contributed by atoms with Crippen LogP contribution in [0.4, 0.5) is 10.1 Å². The van der Waals surface area contributed by atoms with E-state index in [-0.39, 0.29) is 30.0 Å². The second kappa shape index (κ2) is 9.37. The molecule has 0 spiro atoms. The van der Waals surface area contributed by atoms with Crippen molar-refractivity contribution in [2.24, 2.45) is 5.92 Å². The van der Waals surface area contributed by atoms with Crippen LogP contribution in [0.15, 0.2) is 24.3 Å². The van der Waals surface area contributed by atoms with E-state index in [1.807, 2.05) is 6.92 Å². The first-order valence-electron chi connectivity index (χ1n) is 8.57. The maximum atomic E-state index is 12.8. The number of hydrogen-bond acceptors (Lipinski definition) is 3. The molecule has 1 aliphatic rings. The Morgan fingerprint density at radius 2 is 1.75 bits per heavy atom. The van der Waals surface area contributed by atoms with Crippen LogP contribution in [0, 0.1) is 11.7 Å². The summed E-state index contributed by atoms with van der Waals surface area (Å²) in [7, 11) is 0. The average Bonchev–Trinajstić information content (AvgIpc) is 3.02. The van der Waals surface area contributed by atoms with Crippen molar-refractivity contribution in [3.05, 3.63) is 30.1 Å². The molecule has 5 nitrogen and oxygen atoms in total. The standard InChI is InChI=1S/C18H26FN3O2/c1-14(12-17(23)20-8-11-22-9-2-3-10-22)13-18(24)21-16-6-4-15(19)5-7-16/h4-7,14H,2-3,8-13H2,1H3,(H,20,23)(H,21,24)/t14-/m0/s1. The zero-order valence-electron chi connectivity index (χ0n) is 14.2. The van der Waals surface area contributed by atoms with E-state index in [2.05, 4.69) is 15.5 Å². The molecule has 0 saturated carbocycles. The number of likely N-dealkylation sites (tertiary alicyclic amines) is 1. The fraction of sp³-hybridized carbons (Fsp3) is 0.556. The Kier molecular flexibility index (Phi) is 7.18. The highest BCUT2D eigenvalue weighted by Gasteiger charge is 2.15. The zero-order valence-corrected chi connectivity index (χ0v) is 14.2. The summed E-state index contributed by atoms with van der Waals surface area (Å²) in [5, 5.41) is 5.63. The average molecular weight is 335 g/mol. The molecule has 6 heteroatoms. The van der Waals surface area contributed by atoms with Gasteiger partial charge in [0.05, 0.1) is 0 Å². The van der Waals surface area contributed by atoms with Gasteiger partial charge in [0.25, 0.3) is 0 Å². The first-order chi connectivity index (χ1) is 11.5. The summed E-state index contributed by atoms with van der Waals surface area (Å²) >= 11 is 0. The highest BCUT2D eigenvalue weighted by atomic mass is 19.1. The van der Waals surface area contributed by atoms with E-state index in [0.29, 0.717) is 18.7 Å². The predicted molar refractivity (Wildman–Crippen MR) is 92.1 cm³/mol. The molecule has 24 heavy (non-hydrogen) atoms. The molecule has 1 saturated heterocycles. The van der Waals surface area contributed by atoms with Gasteiger partial charge in [-0.1, -0.05) is 6.92 Å². The number of nitrogens with zero attached hydrogens (tertiary/aromatic N) is 1. The number of carbonyl (C=O) groups excluding carboxylic acids is 2. The van der Waals surface area contributed by atoms with Crippen LogP contribution < -0.4 is 10.6 Å². The van der Waals surface area contributed by atoms with Crippen molar-refractivity contribution in [2.45, 2.75) is 32.6 Å². The molecule has 1 atom stereocenters. The first-order valence-corrected chi connectivity index (χ1v) is 8.57. The van der Waals surface area contributed by atoms with Gasteiger partial charge in [0.2, 0.25) is 11.8 Å². The summed E-state index contributed by atoms with van der Waals surface area (Å²) in [4.78, 5) is 26.2. The van der Waals surface area contributed by atoms with Crippen LogP contribution >= 0.6 is 0 Å². The van der Waals surface area contributed by atoms with Gasteiger partial charge >= 0.3 is 0 Å². The van der Waals surface area contributed by atoms with Crippen molar-refractivity contribution in [3.8, 4) is 0 Å². The monoisotopic (exact) mass is 335 g/mol. The zero-order chi connectivity index (χ0) is 17.4. The van der Waals surface area contributed by atoms with Crippen LogP contribution in [-0.4, -0.2) is 42.9 Å². The molecule has 0 aromatic heterocycles. The number of rotatable bonds is 8. The van der Waals surface area contributed by atoms with Gasteiger partial charge in [0.1, 0.15) is 5.82 Å². The Labute approximate surface area is 142 Å². The lowest BCUT2D eigenvalue weighted by molar-refractivity contribution is -0.122. The highest BCUT2D eigenvalue weighted by molar-refractivity contribution is 5.91. The van der Waals surface area contributed by atoms with Gasteiger partial charge < -0.3 is 15.5 Å². The maximum Gasteiger partial charge on any atom is 0.224 e. The molecule has 0 aliphatic carbocycles. The van der Waals surface area contributed by atoms with Crippen molar-refractivity contribution in [2.75, 3.05) is 31.5 Å². The van der Waals surface area contributed by atoms with Gasteiger partial charge in [-0.25, -0.2) is 4.39 Å². The normalized spacial score (nSPS) is 15.9. The number of benzene rings is 1. The smallest absolute Gasteiger partial charge is 0.224 e. The van der Waals surface area contributed by atoms with Crippen molar-refractivity contribution >= 4 is 17.5 Å². The minimum absolute atomic E-state index is 0.0173. The van der Waals surface area contributed by atoms with E-state index in [0.717, 1.165) is 19.6 Å². The molecule has 0 radical (unpaired) electrons. The summed E-state index contributed by atoms with van der Waals surface area (Å²) in [6.45, 7) is 5.68. The third-order valence-corrected chi connectivity index (χ3v) is 4.14. The van der Waals surface area contributed by atoms with Gasteiger partial charge in [-0.3, -0.25) is 9.59 Å². The van der Waals surface area contributed by atoms with Crippen molar-refractivity contribution in [1.82, 2.24) is 10.2 Å². The maximum absolute atomic E-state index is 12.8. The minimum Gasteiger partial charge on any atom is -0.355 e. The largest absolute Gasteiger partial charge is 0.355 e. The molecular formula is C18H26FN3O2.